The van der Waals surface area contributed by atoms with Crippen molar-refractivity contribution in [2.24, 2.45) is 7.05 Å². The topological polar surface area (TPSA) is 75.1 Å². The quantitative estimate of drug-likeness (QED) is 0.829. The van der Waals surface area contributed by atoms with Crippen LogP contribution in [0.3, 0.4) is 0 Å². The maximum atomic E-state index is 12.0. The van der Waals surface area contributed by atoms with Gasteiger partial charge in [-0.25, -0.2) is 4.79 Å². The molecule has 114 valence electrons. The second-order valence-electron chi connectivity index (χ2n) is 5.10. The molecule has 0 radical (unpaired) electrons. The Kier molecular flexibility index (Phi) is 4.67. The van der Waals surface area contributed by atoms with Gasteiger partial charge in [0.05, 0.1) is 17.4 Å². The van der Waals surface area contributed by atoms with Gasteiger partial charge in [-0.1, -0.05) is 13.8 Å². The van der Waals surface area contributed by atoms with Crippen LogP contribution >= 0.6 is 0 Å². The summed E-state index contributed by atoms with van der Waals surface area (Å²) in [7, 11) is 1.76. The molecule has 0 amide bonds. The zero-order chi connectivity index (χ0) is 15.4. The molecule has 0 bridgehead atoms. The second-order valence-corrected chi connectivity index (χ2v) is 5.10. The molecule has 0 aromatic carbocycles. The van der Waals surface area contributed by atoms with E-state index in [1.165, 1.54) is 0 Å². The molecule has 0 aliphatic carbocycles. The molecule has 2 aromatic heterocycles. The highest BCUT2D eigenvalue weighted by Crippen LogP contribution is 2.15. The molecule has 2 N–H and O–H groups in total. The third-order valence-corrected chi connectivity index (χ3v) is 3.57. The van der Waals surface area contributed by atoms with Crippen LogP contribution in [0.25, 0.3) is 0 Å². The van der Waals surface area contributed by atoms with Gasteiger partial charge in [-0.05, 0) is 25.0 Å². The lowest BCUT2D eigenvalue weighted by Crippen LogP contribution is -2.11. The number of anilines is 1. The van der Waals surface area contributed by atoms with Crippen LogP contribution < -0.4 is 5.73 Å². The first-order valence-corrected chi connectivity index (χ1v) is 7.18. The number of carbonyl (C=O) groups is 1. The van der Waals surface area contributed by atoms with E-state index in [0.717, 1.165) is 18.5 Å². The van der Waals surface area contributed by atoms with Gasteiger partial charge in [-0.15, -0.1) is 0 Å². The van der Waals surface area contributed by atoms with Gasteiger partial charge in [0.1, 0.15) is 12.3 Å². The van der Waals surface area contributed by atoms with Crippen LogP contribution in [0.4, 0.5) is 5.69 Å². The summed E-state index contributed by atoms with van der Waals surface area (Å²) in [4.78, 5) is 12.0. The number of esters is 1. The molecule has 2 aromatic rings. The minimum Gasteiger partial charge on any atom is -0.454 e. The molecule has 0 unspecified atom stereocenters. The van der Waals surface area contributed by atoms with Gasteiger partial charge in [-0.2, -0.15) is 5.10 Å². The summed E-state index contributed by atoms with van der Waals surface area (Å²) in [6, 6.07) is 3.87. The van der Waals surface area contributed by atoms with E-state index in [4.69, 9.17) is 10.5 Å². The molecule has 6 nitrogen and oxygen atoms in total. The fourth-order valence-electron chi connectivity index (χ4n) is 2.33. The van der Waals surface area contributed by atoms with Gasteiger partial charge in [0.15, 0.2) is 0 Å². The van der Waals surface area contributed by atoms with Crippen molar-refractivity contribution < 1.29 is 9.53 Å². The lowest BCUT2D eigenvalue weighted by atomic mass is 10.2. The highest BCUT2D eigenvalue weighted by Gasteiger charge is 2.14. The van der Waals surface area contributed by atoms with E-state index in [1.807, 2.05) is 16.9 Å². The molecule has 21 heavy (non-hydrogen) atoms. The summed E-state index contributed by atoms with van der Waals surface area (Å²) >= 11 is 0. The number of aromatic nitrogens is 3. The SMILES string of the molecule is CCC(CC)n1ccc(COC(=O)c2cc(N)cn2C)n1. The molecule has 0 atom stereocenters. The Hall–Kier alpha value is -2.24. The Labute approximate surface area is 124 Å². The van der Waals surface area contributed by atoms with Crippen molar-refractivity contribution in [2.75, 3.05) is 5.73 Å². The average Bonchev–Trinajstić information content (AvgIpc) is 3.04. The normalized spacial score (nSPS) is 11.0. The minimum atomic E-state index is -0.397. The molecule has 0 aliphatic rings. The average molecular weight is 290 g/mol. The Morgan fingerprint density at radius 3 is 2.71 bits per heavy atom. The van der Waals surface area contributed by atoms with Crippen molar-refractivity contribution in [2.45, 2.75) is 39.3 Å². The molecule has 0 fully saturated rings. The third-order valence-electron chi connectivity index (χ3n) is 3.57. The predicted molar refractivity (Wildman–Crippen MR) is 80.8 cm³/mol. The first kappa shape index (κ1) is 15.2. The van der Waals surface area contributed by atoms with Crippen LogP contribution in [-0.4, -0.2) is 20.3 Å². The predicted octanol–water partition coefficient (Wildman–Crippen LogP) is 2.52. The molecule has 2 rings (SSSR count). The fourth-order valence-corrected chi connectivity index (χ4v) is 2.33. The van der Waals surface area contributed by atoms with Crippen molar-refractivity contribution >= 4 is 11.7 Å². The van der Waals surface area contributed by atoms with E-state index in [2.05, 4.69) is 18.9 Å². The molecular formula is C15H22N4O2. The van der Waals surface area contributed by atoms with Crippen molar-refractivity contribution in [1.29, 1.82) is 0 Å². The summed E-state index contributed by atoms with van der Waals surface area (Å²) in [6.45, 7) is 4.43. The van der Waals surface area contributed by atoms with Crippen LogP contribution in [0.15, 0.2) is 24.5 Å². The Morgan fingerprint density at radius 2 is 2.14 bits per heavy atom. The summed E-state index contributed by atoms with van der Waals surface area (Å²) in [5.41, 5.74) is 7.38. The Bertz CT molecular complexity index is 611. The maximum absolute atomic E-state index is 12.0. The molecule has 0 saturated heterocycles. The largest absolute Gasteiger partial charge is 0.454 e. The first-order valence-electron chi connectivity index (χ1n) is 7.18. The standard InChI is InChI=1S/C15H22N4O2/c1-4-13(5-2)19-7-6-12(17-19)10-21-15(20)14-8-11(16)9-18(14)3/h6-9,13H,4-5,10,16H2,1-3H3. The first-order chi connectivity index (χ1) is 10.0. The monoisotopic (exact) mass is 290 g/mol. The number of carbonyl (C=O) groups excluding carboxylic acids is 1. The van der Waals surface area contributed by atoms with Gasteiger partial charge in [0.2, 0.25) is 0 Å². The molecule has 0 saturated carbocycles. The van der Waals surface area contributed by atoms with E-state index < -0.39 is 5.97 Å². The molecule has 0 aliphatic heterocycles. The number of rotatable bonds is 6. The second kappa shape index (κ2) is 6.47. The van der Waals surface area contributed by atoms with Crippen LogP contribution in [0.5, 0.6) is 0 Å². The third kappa shape index (κ3) is 3.45. The summed E-state index contributed by atoms with van der Waals surface area (Å²) < 4.78 is 8.86. The van der Waals surface area contributed by atoms with Crippen LogP contribution in [0.2, 0.25) is 0 Å². The minimum absolute atomic E-state index is 0.164. The number of nitrogen functional groups attached to an aromatic ring is 1. The Morgan fingerprint density at radius 1 is 1.43 bits per heavy atom. The van der Waals surface area contributed by atoms with E-state index in [0.29, 0.717) is 17.4 Å². The van der Waals surface area contributed by atoms with Crippen molar-refractivity contribution in [3.05, 3.63) is 35.9 Å². The van der Waals surface area contributed by atoms with Crippen LogP contribution in [0.1, 0.15) is 48.9 Å². The zero-order valence-corrected chi connectivity index (χ0v) is 12.7. The smallest absolute Gasteiger partial charge is 0.355 e. The van der Waals surface area contributed by atoms with Gasteiger partial charge < -0.3 is 15.0 Å². The van der Waals surface area contributed by atoms with E-state index in [9.17, 15) is 4.79 Å². The van der Waals surface area contributed by atoms with Gasteiger partial charge in [0, 0.05) is 19.4 Å². The van der Waals surface area contributed by atoms with Gasteiger partial charge in [-0.3, -0.25) is 4.68 Å². The lowest BCUT2D eigenvalue weighted by Gasteiger charge is -2.12. The van der Waals surface area contributed by atoms with E-state index >= 15 is 0 Å². The van der Waals surface area contributed by atoms with E-state index in [1.54, 1.807) is 23.9 Å². The van der Waals surface area contributed by atoms with Crippen molar-refractivity contribution in [3.63, 3.8) is 0 Å². The highest BCUT2D eigenvalue weighted by molar-refractivity contribution is 5.89. The van der Waals surface area contributed by atoms with Crippen LogP contribution in [0, 0.1) is 0 Å². The number of nitrogens with zero attached hydrogens (tertiary/aromatic N) is 3. The number of hydrogen-bond acceptors (Lipinski definition) is 4. The molecule has 6 heteroatoms. The maximum Gasteiger partial charge on any atom is 0.355 e. The summed E-state index contributed by atoms with van der Waals surface area (Å²) in [6.07, 6.45) is 5.67. The number of nitrogens with two attached hydrogens (primary N) is 1. The van der Waals surface area contributed by atoms with Crippen LogP contribution in [-0.2, 0) is 18.4 Å². The van der Waals surface area contributed by atoms with Gasteiger partial charge >= 0.3 is 5.97 Å². The molecular weight excluding hydrogens is 268 g/mol. The highest BCUT2D eigenvalue weighted by atomic mass is 16.5. The molecule has 2 heterocycles. The summed E-state index contributed by atoms with van der Waals surface area (Å²) in [5.74, 6) is -0.397. The number of hydrogen-bond donors (Lipinski definition) is 1. The lowest BCUT2D eigenvalue weighted by molar-refractivity contribution is 0.0455. The van der Waals surface area contributed by atoms with Crippen molar-refractivity contribution in [1.82, 2.24) is 14.3 Å². The summed E-state index contributed by atoms with van der Waals surface area (Å²) in [5, 5.41) is 4.45. The zero-order valence-electron chi connectivity index (χ0n) is 12.7. The van der Waals surface area contributed by atoms with Crippen molar-refractivity contribution in [3.8, 4) is 0 Å². The number of aryl methyl sites for hydroxylation is 1. The van der Waals surface area contributed by atoms with E-state index in [-0.39, 0.29) is 6.61 Å². The number of ether oxygens (including phenoxy) is 1. The molecule has 0 spiro atoms. The van der Waals surface area contributed by atoms with Gasteiger partial charge in [0.25, 0.3) is 0 Å². The Balaban J connectivity index is 1.97. The fraction of sp³-hybridized carbons (Fsp3) is 0.467.